The van der Waals surface area contributed by atoms with Gasteiger partial charge in [-0.2, -0.15) is 0 Å². The van der Waals surface area contributed by atoms with Crippen molar-refractivity contribution in [1.29, 1.82) is 0 Å². The zero-order valence-corrected chi connectivity index (χ0v) is 14.4. The summed E-state index contributed by atoms with van der Waals surface area (Å²) in [5.41, 5.74) is 5.74. The van der Waals surface area contributed by atoms with Gasteiger partial charge in [0.2, 0.25) is 0 Å². The Labute approximate surface area is 155 Å². The third kappa shape index (κ3) is 5.07. The van der Waals surface area contributed by atoms with Gasteiger partial charge in [0.05, 0.1) is 0 Å². The van der Waals surface area contributed by atoms with Crippen molar-refractivity contribution in [3.63, 3.8) is 0 Å². The largest absolute Gasteiger partial charge is 0.573 e. The summed E-state index contributed by atoms with van der Waals surface area (Å²) in [6.45, 7) is 1.51. The molecule has 144 valence electrons. The molecule has 0 aliphatic rings. The van der Waals surface area contributed by atoms with Gasteiger partial charge in [-0.15, -0.1) is 13.2 Å². The van der Waals surface area contributed by atoms with E-state index in [1.54, 1.807) is 0 Å². The summed E-state index contributed by atoms with van der Waals surface area (Å²) in [5, 5.41) is 8.94. The first-order valence-corrected chi connectivity index (χ1v) is 7.62. The molecule has 0 spiro atoms. The van der Waals surface area contributed by atoms with Crippen molar-refractivity contribution >= 4 is 23.1 Å². The molecule has 0 saturated carbocycles. The van der Waals surface area contributed by atoms with Crippen molar-refractivity contribution in [2.24, 2.45) is 5.73 Å². The first-order chi connectivity index (χ1) is 12.5. The summed E-state index contributed by atoms with van der Waals surface area (Å²) in [4.78, 5) is 19.0. The predicted octanol–water partition coefficient (Wildman–Crippen LogP) is 3.45. The van der Waals surface area contributed by atoms with E-state index in [0.29, 0.717) is 5.56 Å². The molecule has 6 nitrogen and oxygen atoms in total. The number of nitrogens with two attached hydrogens (primary N) is 1. The van der Waals surface area contributed by atoms with Gasteiger partial charge in [-0.3, -0.25) is 0 Å². The fourth-order valence-electron chi connectivity index (χ4n) is 2.19. The number of rotatable bonds is 5. The average Bonchev–Trinajstić information content (AvgIpc) is 2.53. The van der Waals surface area contributed by atoms with Crippen LogP contribution in [-0.2, 0) is 11.2 Å². The number of nitrogens with zero attached hydrogens (tertiary/aromatic N) is 2. The Kier molecular flexibility index (Phi) is 5.89. The molecule has 0 amide bonds. The maximum absolute atomic E-state index is 13.5. The number of alkyl halides is 3. The molecule has 2 aromatic rings. The van der Waals surface area contributed by atoms with E-state index in [4.69, 9.17) is 22.4 Å². The van der Waals surface area contributed by atoms with Crippen molar-refractivity contribution in [1.82, 2.24) is 9.97 Å². The normalized spacial score (nSPS) is 12.1. The smallest absolute Gasteiger partial charge is 0.477 e. The Balaban J connectivity index is 2.38. The molecule has 0 aliphatic heterocycles. The van der Waals surface area contributed by atoms with Gasteiger partial charge in [0, 0.05) is 23.9 Å². The van der Waals surface area contributed by atoms with E-state index < -0.39 is 23.9 Å². The van der Waals surface area contributed by atoms with E-state index in [1.165, 1.54) is 13.0 Å². The summed E-state index contributed by atoms with van der Waals surface area (Å²) in [5.74, 6) is -3.72. The van der Waals surface area contributed by atoms with Crippen LogP contribution in [0.1, 0.15) is 22.6 Å². The molecular weight excluding hydrogens is 394 g/mol. The molecule has 2 rings (SSSR count). The number of hydrogen-bond donors (Lipinski definition) is 2. The van der Waals surface area contributed by atoms with Crippen LogP contribution in [-0.4, -0.2) is 27.4 Å². The molecule has 0 atom stereocenters. The fraction of sp³-hybridized carbons (Fsp3) is 0.188. The number of carboxylic acids is 1. The highest BCUT2D eigenvalue weighted by atomic mass is 35.5. The monoisotopic (exact) mass is 405 g/mol. The highest BCUT2D eigenvalue weighted by Gasteiger charge is 2.32. The van der Waals surface area contributed by atoms with Gasteiger partial charge in [-0.1, -0.05) is 17.7 Å². The van der Waals surface area contributed by atoms with Gasteiger partial charge in [0.1, 0.15) is 10.7 Å². The molecule has 3 N–H and O–H groups in total. The van der Waals surface area contributed by atoms with Gasteiger partial charge in [0.25, 0.3) is 0 Å². The molecular formula is C16H12ClF4N3O3. The van der Waals surface area contributed by atoms with Crippen molar-refractivity contribution in [3.05, 3.63) is 58.0 Å². The molecule has 0 radical (unpaired) electrons. The third-order valence-corrected chi connectivity index (χ3v) is 3.72. The average molecular weight is 406 g/mol. The number of benzene rings is 1. The number of hydrogen-bond acceptors (Lipinski definition) is 5. The van der Waals surface area contributed by atoms with E-state index in [-0.39, 0.29) is 34.2 Å². The first-order valence-electron chi connectivity index (χ1n) is 7.24. The Hall–Kier alpha value is -2.88. The molecule has 1 aromatic carbocycles. The summed E-state index contributed by atoms with van der Waals surface area (Å²) in [6, 6.07) is 2.97. The summed E-state index contributed by atoms with van der Waals surface area (Å²) < 4.78 is 54.1. The Morgan fingerprint density at radius 2 is 2.04 bits per heavy atom. The lowest BCUT2D eigenvalue weighted by molar-refractivity contribution is -0.275. The molecule has 27 heavy (non-hydrogen) atoms. The van der Waals surface area contributed by atoms with Gasteiger partial charge in [-0.05, 0) is 24.6 Å². The van der Waals surface area contributed by atoms with Crippen LogP contribution in [0.15, 0.2) is 24.4 Å². The van der Waals surface area contributed by atoms with E-state index in [9.17, 15) is 22.4 Å². The van der Waals surface area contributed by atoms with E-state index in [0.717, 1.165) is 18.3 Å². The van der Waals surface area contributed by atoms with E-state index >= 15 is 0 Å². The van der Waals surface area contributed by atoms with Crippen LogP contribution in [0.4, 0.5) is 17.6 Å². The van der Waals surface area contributed by atoms with Gasteiger partial charge >= 0.3 is 12.3 Å². The minimum Gasteiger partial charge on any atom is -0.477 e. The molecule has 0 unspecified atom stereocenters. The van der Waals surface area contributed by atoms with Crippen LogP contribution in [0.25, 0.3) is 5.57 Å². The van der Waals surface area contributed by atoms with Gasteiger partial charge in [0.15, 0.2) is 17.4 Å². The van der Waals surface area contributed by atoms with Crippen molar-refractivity contribution < 1.29 is 32.2 Å². The second-order valence-corrected chi connectivity index (χ2v) is 5.63. The van der Waals surface area contributed by atoms with Gasteiger partial charge < -0.3 is 15.6 Å². The van der Waals surface area contributed by atoms with Crippen LogP contribution in [0, 0.1) is 12.7 Å². The molecule has 0 bridgehead atoms. The maximum atomic E-state index is 13.5. The number of aliphatic carboxylic acids is 1. The number of ether oxygens (including phenoxy) is 1. The number of aromatic nitrogens is 2. The summed E-state index contributed by atoms with van der Waals surface area (Å²) >= 11 is 6.07. The highest BCUT2D eigenvalue weighted by molar-refractivity contribution is 6.30. The van der Waals surface area contributed by atoms with Crippen molar-refractivity contribution in [2.75, 3.05) is 0 Å². The topological polar surface area (TPSA) is 98.3 Å². The lowest BCUT2D eigenvalue weighted by atomic mass is 10.0. The zero-order valence-electron chi connectivity index (χ0n) is 13.6. The molecule has 1 aromatic heterocycles. The fourth-order valence-corrected chi connectivity index (χ4v) is 2.47. The summed E-state index contributed by atoms with van der Waals surface area (Å²) in [7, 11) is 0. The summed E-state index contributed by atoms with van der Waals surface area (Å²) in [6.07, 6.45) is -4.26. The highest BCUT2D eigenvalue weighted by Crippen LogP contribution is 2.29. The Morgan fingerprint density at radius 1 is 1.37 bits per heavy atom. The minimum absolute atomic E-state index is 0.0335. The molecule has 1 heterocycles. The number of aryl methyl sites for hydroxylation is 1. The lowest BCUT2D eigenvalue weighted by Crippen LogP contribution is -2.18. The first kappa shape index (κ1) is 20.4. The van der Waals surface area contributed by atoms with Crippen LogP contribution in [0.2, 0.25) is 5.15 Å². The molecule has 0 aliphatic carbocycles. The SMILES string of the molecule is Cc1nc(C(=CN)C(=O)O)nc(Cl)c1Cc1ccc(F)c(OC(F)(F)F)c1. The number of halogens is 5. The van der Waals surface area contributed by atoms with Gasteiger partial charge in [-0.25, -0.2) is 19.2 Å². The zero-order chi connectivity index (χ0) is 20.4. The lowest BCUT2D eigenvalue weighted by Gasteiger charge is -2.13. The predicted molar refractivity (Wildman–Crippen MR) is 87.5 cm³/mol. The molecule has 11 heteroatoms. The Morgan fingerprint density at radius 3 is 2.56 bits per heavy atom. The maximum Gasteiger partial charge on any atom is 0.573 e. The number of carbonyl (C=O) groups is 1. The van der Waals surface area contributed by atoms with E-state index in [2.05, 4.69) is 14.7 Å². The quantitative estimate of drug-likeness (QED) is 0.449. The van der Waals surface area contributed by atoms with E-state index in [1.807, 2.05) is 0 Å². The van der Waals surface area contributed by atoms with Crippen LogP contribution in [0.3, 0.4) is 0 Å². The standard InChI is InChI=1S/C16H12ClF4N3O3/c1-7-9(13(17)24-14(23-7)10(6-22)15(25)26)4-8-2-3-11(18)12(5-8)27-16(19,20)21/h2-3,5-6H,4,22H2,1H3,(H,25,26). The van der Waals surface area contributed by atoms with Crippen LogP contribution >= 0.6 is 11.6 Å². The molecule has 0 saturated heterocycles. The van der Waals surface area contributed by atoms with Crippen LogP contribution in [0.5, 0.6) is 5.75 Å². The van der Waals surface area contributed by atoms with Crippen molar-refractivity contribution in [2.45, 2.75) is 19.7 Å². The second-order valence-electron chi connectivity index (χ2n) is 5.28. The minimum atomic E-state index is -5.04. The second kappa shape index (κ2) is 7.78. The van der Waals surface area contributed by atoms with Crippen LogP contribution < -0.4 is 10.5 Å². The molecule has 0 fully saturated rings. The third-order valence-electron chi connectivity index (χ3n) is 3.40. The number of carboxylic acid groups (broad SMARTS) is 1. The Bertz CT molecular complexity index is 893. The van der Waals surface area contributed by atoms with Crippen molar-refractivity contribution in [3.8, 4) is 5.75 Å².